The van der Waals surface area contributed by atoms with Gasteiger partial charge in [-0.3, -0.25) is 0 Å². The van der Waals surface area contributed by atoms with Gasteiger partial charge in [0, 0.05) is 21.7 Å². The summed E-state index contributed by atoms with van der Waals surface area (Å²) in [5, 5.41) is 3.17. The molecule has 2 rings (SSSR count). The predicted octanol–water partition coefficient (Wildman–Crippen LogP) is 4.34. The molecule has 0 saturated heterocycles. The minimum atomic E-state index is 0.711. The zero-order chi connectivity index (χ0) is 14.2. The summed E-state index contributed by atoms with van der Waals surface area (Å²) >= 11 is 5.23. The molecule has 0 radical (unpaired) electrons. The van der Waals surface area contributed by atoms with Gasteiger partial charge in [-0.2, -0.15) is 0 Å². The molecule has 0 aromatic heterocycles. The van der Waals surface area contributed by atoms with E-state index in [1.807, 2.05) is 43.1 Å². The van der Waals surface area contributed by atoms with Crippen LogP contribution in [0.3, 0.4) is 0 Å². The molecule has 0 aliphatic rings. The Balaban J connectivity index is 1.75. The number of hydrogen-bond donors (Lipinski definition) is 1. The SMILES string of the molecule is CNCc1cccc(SCCOc2ccc(Br)cc2)c1. The quantitative estimate of drug-likeness (QED) is 0.592. The third kappa shape index (κ3) is 5.19. The Morgan fingerprint density at radius 3 is 2.70 bits per heavy atom. The number of halogens is 1. The summed E-state index contributed by atoms with van der Waals surface area (Å²) < 4.78 is 6.78. The van der Waals surface area contributed by atoms with Crippen molar-refractivity contribution in [1.82, 2.24) is 5.32 Å². The summed E-state index contributed by atoms with van der Waals surface area (Å²) in [5.41, 5.74) is 1.31. The second-order valence-corrected chi connectivity index (χ2v) is 6.41. The molecular formula is C16H18BrNOS. The molecule has 0 saturated carbocycles. The maximum Gasteiger partial charge on any atom is 0.119 e. The number of nitrogens with one attached hydrogen (secondary N) is 1. The minimum absolute atomic E-state index is 0.711. The van der Waals surface area contributed by atoms with Gasteiger partial charge in [-0.15, -0.1) is 11.8 Å². The van der Waals surface area contributed by atoms with Gasteiger partial charge in [-0.25, -0.2) is 0 Å². The van der Waals surface area contributed by atoms with Crippen molar-refractivity contribution in [3.05, 3.63) is 58.6 Å². The Labute approximate surface area is 133 Å². The van der Waals surface area contributed by atoms with Gasteiger partial charge in [0.15, 0.2) is 0 Å². The first-order valence-electron chi connectivity index (χ1n) is 6.52. The van der Waals surface area contributed by atoms with Gasteiger partial charge in [-0.1, -0.05) is 28.1 Å². The Kier molecular flexibility index (Phi) is 6.43. The molecule has 1 N–H and O–H groups in total. The Morgan fingerprint density at radius 2 is 1.95 bits per heavy atom. The van der Waals surface area contributed by atoms with E-state index in [0.29, 0.717) is 6.61 Å². The van der Waals surface area contributed by atoms with E-state index >= 15 is 0 Å². The second-order valence-electron chi connectivity index (χ2n) is 4.33. The summed E-state index contributed by atoms with van der Waals surface area (Å²) in [6.45, 7) is 1.62. The predicted molar refractivity (Wildman–Crippen MR) is 89.6 cm³/mol. The minimum Gasteiger partial charge on any atom is -0.493 e. The molecule has 20 heavy (non-hydrogen) atoms. The molecule has 0 bridgehead atoms. The van der Waals surface area contributed by atoms with Crippen LogP contribution in [0.2, 0.25) is 0 Å². The average molecular weight is 352 g/mol. The Morgan fingerprint density at radius 1 is 1.15 bits per heavy atom. The van der Waals surface area contributed by atoms with Gasteiger partial charge in [0.2, 0.25) is 0 Å². The lowest BCUT2D eigenvalue weighted by molar-refractivity contribution is 0.344. The lowest BCUT2D eigenvalue weighted by Crippen LogP contribution is -2.04. The van der Waals surface area contributed by atoms with Gasteiger partial charge in [0.05, 0.1) is 6.61 Å². The van der Waals surface area contributed by atoms with Gasteiger partial charge >= 0.3 is 0 Å². The summed E-state index contributed by atoms with van der Waals surface area (Å²) in [6.07, 6.45) is 0. The summed E-state index contributed by atoms with van der Waals surface area (Å²) in [5.74, 6) is 1.86. The first-order chi connectivity index (χ1) is 9.78. The van der Waals surface area contributed by atoms with E-state index in [2.05, 4.69) is 45.5 Å². The van der Waals surface area contributed by atoms with Crippen molar-refractivity contribution >= 4 is 27.7 Å². The van der Waals surface area contributed by atoms with Gasteiger partial charge in [0.1, 0.15) is 5.75 Å². The normalized spacial score (nSPS) is 10.5. The maximum atomic E-state index is 5.71. The van der Waals surface area contributed by atoms with Crippen LogP contribution >= 0.6 is 27.7 Å². The van der Waals surface area contributed by atoms with E-state index in [9.17, 15) is 0 Å². The molecular weight excluding hydrogens is 334 g/mol. The second kappa shape index (κ2) is 8.35. The summed E-state index contributed by atoms with van der Waals surface area (Å²) in [6, 6.07) is 16.5. The molecule has 4 heteroatoms. The van der Waals surface area contributed by atoms with Crippen LogP contribution in [0, 0.1) is 0 Å². The van der Waals surface area contributed by atoms with Crippen LogP contribution in [0.5, 0.6) is 5.75 Å². The van der Waals surface area contributed by atoms with Crippen LogP contribution < -0.4 is 10.1 Å². The number of benzene rings is 2. The van der Waals surface area contributed by atoms with Gasteiger partial charge < -0.3 is 10.1 Å². The van der Waals surface area contributed by atoms with E-state index in [0.717, 1.165) is 22.5 Å². The molecule has 0 fully saturated rings. The molecule has 2 nitrogen and oxygen atoms in total. The fourth-order valence-corrected chi connectivity index (χ4v) is 2.88. The number of rotatable bonds is 7. The molecule has 0 amide bonds. The molecule has 0 aliphatic carbocycles. The van der Waals surface area contributed by atoms with Gasteiger partial charge in [-0.05, 0) is 49.0 Å². The van der Waals surface area contributed by atoms with Crippen LogP contribution in [0.1, 0.15) is 5.56 Å². The third-order valence-corrected chi connectivity index (χ3v) is 4.20. The summed E-state index contributed by atoms with van der Waals surface area (Å²) in [7, 11) is 1.96. The zero-order valence-corrected chi connectivity index (χ0v) is 13.8. The molecule has 0 aliphatic heterocycles. The van der Waals surface area contributed by atoms with E-state index in [1.165, 1.54) is 10.5 Å². The number of thioether (sulfide) groups is 1. The van der Waals surface area contributed by atoms with Crippen molar-refractivity contribution < 1.29 is 4.74 Å². The molecule has 2 aromatic rings. The maximum absolute atomic E-state index is 5.71. The molecule has 0 unspecified atom stereocenters. The van der Waals surface area contributed by atoms with Crippen LogP contribution in [0.15, 0.2) is 57.9 Å². The standard InChI is InChI=1S/C16H18BrNOS/c1-18-12-13-3-2-4-16(11-13)20-10-9-19-15-7-5-14(17)6-8-15/h2-8,11,18H,9-10,12H2,1H3. The lowest BCUT2D eigenvalue weighted by Gasteiger charge is -2.07. The van der Waals surface area contributed by atoms with E-state index in [-0.39, 0.29) is 0 Å². The highest BCUT2D eigenvalue weighted by Crippen LogP contribution is 2.20. The Bertz CT molecular complexity index is 530. The van der Waals surface area contributed by atoms with Crippen molar-refractivity contribution in [2.24, 2.45) is 0 Å². The van der Waals surface area contributed by atoms with Crippen LogP contribution in [0.4, 0.5) is 0 Å². The highest BCUT2D eigenvalue weighted by atomic mass is 79.9. The van der Waals surface area contributed by atoms with E-state index in [4.69, 9.17) is 4.74 Å². The highest BCUT2D eigenvalue weighted by molar-refractivity contribution is 9.10. The van der Waals surface area contributed by atoms with Crippen molar-refractivity contribution in [2.45, 2.75) is 11.4 Å². The van der Waals surface area contributed by atoms with E-state index < -0.39 is 0 Å². The monoisotopic (exact) mass is 351 g/mol. The van der Waals surface area contributed by atoms with Gasteiger partial charge in [0.25, 0.3) is 0 Å². The zero-order valence-electron chi connectivity index (χ0n) is 11.4. The largest absolute Gasteiger partial charge is 0.493 e. The molecule has 0 atom stereocenters. The molecule has 0 heterocycles. The topological polar surface area (TPSA) is 21.3 Å². The first-order valence-corrected chi connectivity index (χ1v) is 8.30. The van der Waals surface area contributed by atoms with Crippen molar-refractivity contribution in [1.29, 1.82) is 0 Å². The highest BCUT2D eigenvalue weighted by Gasteiger charge is 1.98. The lowest BCUT2D eigenvalue weighted by atomic mass is 10.2. The van der Waals surface area contributed by atoms with Crippen LogP contribution in [-0.2, 0) is 6.54 Å². The van der Waals surface area contributed by atoms with Crippen LogP contribution in [-0.4, -0.2) is 19.4 Å². The van der Waals surface area contributed by atoms with E-state index in [1.54, 1.807) is 0 Å². The fraction of sp³-hybridized carbons (Fsp3) is 0.250. The van der Waals surface area contributed by atoms with Crippen molar-refractivity contribution in [3.63, 3.8) is 0 Å². The van der Waals surface area contributed by atoms with Crippen molar-refractivity contribution in [2.75, 3.05) is 19.4 Å². The summed E-state index contributed by atoms with van der Waals surface area (Å²) in [4.78, 5) is 1.29. The average Bonchev–Trinajstić information content (AvgIpc) is 2.46. The smallest absolute Gasteiger partial charge is 0.119 e. The third-order valence-electron chi connectivity index (χ3n) is 2.71. The molecule has 0 spiro atoms. The number of hydrogen-bond acceptors (Lipinski definition) is 3. The number of ether oxygens (including phenoxy) is 1. The molecule has 106 valence electrons. The Hall–Kier alpha value is -0.970. The van der Waals surface area contributed by atoms with Crippen LogP contribution in [0.25, 0.3) is 0 Å². The molecule has 2 aromatic carbocycles. The fourth-order valence-electron chi connectivity index (χ4n) is 1.80. The first kappa shape index (κ1) is 15.4. The van der Waals surface area contributed by atoms with Crippen molar-refractivity contribution in [3.8, 4) is 5.75 Å².